The number of piperidine rings is 1. The first-order chi connectivity index (χ1) is 18.9. The Morgan fingerprint density at radius 1 is 1.10 bits per heavy atom. The van der Waals surface area contributed by atoms with Gasteiger partial charge in [-0.1, -0.05) is 64.1 Å². The lowest BCUT2D eigenvalue weighted by Crippen LogP contribution is -2.39. The quantitative estimate of drug-likeness (QED) is 0.347. The SMILES string of the molecule is CCc1cccc(CC)c1-c1cc(OC2=COC=C(C3=CC=CCC3)O2)c(CN2CCCC(C)(C)C2)c(C)n1. The lowest BCUT2D eigenvalue weighted by Gasteiger charge is -2.38. The summed E-state index contributed by atoms with van der Waals surface area (Å²) in [5, 5.41) is 0. The van der Waals surface area contributed by atoms with Gasteiger partial charge in [0.15, 0.2) is 12.0 Å². The van der Waals surface area contributed by atoms with E-state index in [1.807, 2.05) is 0 Å². The Kier molecular flexibility index (Phi) is 8.27. The molecular weight excluding hydrogens is 484 g/mol. The maximum absolute atomic E-state index is 6.55. The molecule has 3 heterocycles. The number of pyridine rings is 1. The molecule has 0 spiro atoms. The molecule has 2 aliphatic heterocycles. The third kappa shape index (κ3) is 6.30. The van der Waals surface area contributed by atoms with E-state index < -0.39 is 0 Å². The molecule has 0 unspecified atom stereocenters. The summed E-state index contributed by atoms with van der Waals surface area (Å²) in [5.74, 6) is 1.83. The summed E-state index contributed by atoms with van der Waals surface area (Å²) < 4.78 is 18.5. The van der Waals surface area contributed by atoms with Crippen molar-refractivity contribution in [3.05, 3.63) is 94.7 Å². The summed E-state index contributed by atoms with van der Waals surface area (Å²) in [5.41, 5.74) is 8.28. The summed E-state index contributed by atoms with van der Waals surface area (Å²) in [6, 6.07) is 8.67. The van der Waals surface area contributed by atoms with E-state index >= 15 is 0 Å². The van der Waals surface area contributed by atoms with Crippen LogP contribution in [0.3, 0.4) is 0 Å². The molecule has 1 aliphatic carbocycles. The van der Waals surface area contributed by atoms with Gasteiger partial charge in [0.25, 0.3) is 0 Å². The monoisotopic (exact) mass is 526 g/mol. The van der Waals surface area contributed by atoms with Crippen LogP contribution in [-0.2, 0) is 28.9 Å². The lowest BCUT2D eigenvalue weighted by molar-refractivity contribution is 0.105. The van der Waals surface area contributed by atoms with Crippen LogP contribution in [0, 0.1) is 12.3 Å². The van der Waals surface area contributed by atoms with E-state index in [1.54, 1.807) is 12.5 Å². The van der Waals surface area contributed by atoms with Crippen LogP contribution in [0.25, 0.3) is 11.3 Å². The van der Waals surface area contributed by atoms with Gasteiger partial charge >= 0.3 is 5.95 Å². The number of ether oxygens (including phenoxy) is 3. The number of aryl methyl sites for hydroxylation is 3. The normalized spacial score (nSPS) is 18.9. The average Bonchev–Trinajstić information content (AvgIpc) is 2.94. The molecule has 0 bridgehead atoms. The van der Waals surface area contributed by atoms with Gasteiger partial charge in [-0.05, 0) is 74.1 Å². The van der Waals surface area contributed by atoms with Gasteiger partial charge in [0.2, 0.25) is 0 Å². The number of hydrogen-bond donors (Lipinski definition) is 0. The molecule has 1 aromatic carbocycles. The molecule has 0 radical (unpaired) electrons. The van der Waals surface area contributed by atoms with Gasteiger partial charge in [-0.15, -0.1) is 0 Å². The molecule has 1 saturated heterocycles. The van der Waals surface area contributed by atoms with E-state index in [2.05, 4.69) is 82.0 Å². The Balaban J connectivity index is 1.51. The fourth-order valence-corrected chi connectivity index (χ4v) is 5.97. The minimum absolute atomic E-state index is 0.307. The van der Waals surface area contributed by atoms with Crippen molar-refractivity contribution in [2.45, 2.75) is 79.7 Å². The van der Waals surface area contributed by atoms with Gasteiger partial charge in [0.1, 0.15) is 12.0 Å². The molecule has 0 N–H and O–H groups in total. The summed E-state index contributed by atoms with van der Waals surface area (Å²) in [4.78, 5) is 7.71. The van der Waals surface area contributed by atoms with Crippen molar-refractivity contribution in [3.8, 4) is 17.0 Å². The third-order valence-electron chi connectivity index (χ3n) is 8.00. The first-order valence-electron chi connectivity index (χ1n) is 14.5. The van der Waals surface area contributed by atoms with Crippen LogP contribution in [-0.4, -0.2) is 23.0 Å². The first kappa shape index (κ1) is 27.3. The standard InChI is InChI=1S/C34H42N2O3/c1-6-25-15-11-16-26(7-2)33(25)29-19-30(28(24(3)35-29)20-36-18-12-17-34(4,5)23-36)38-32-22-37-21-31(39-32)27-13-9-8-10-14-27/h8-9,11,13,15-16,19,21-22H,6-7,10,12,14,17-18,20,23H2,1-5H3. The van der Waals surface area contributed by atoms with Crippen LogP contribution in [0.5, 0.6) is 5.75 Å². The van der Waals surface area contributed by atoms with Crippen LogP contribution >= 0.6 is 0 Å². The van der Waals surface area contributed by atoms with Crippen LogP contribution in [0.1, 0.15) is 75.8 Å². The Hall–Kier alpha value is -3.31. The van der Waals surface area contributed by atoms with Crippen molar-refractivity contribution in [2.75, 3.05) is 13.1 Å². The summed E-state index contributed by atoms with van der Waals surface area (Å²) in [6.45, 7) is 14.2. The number of likely N-dealkylation sites (tertiary alicyclic amines) is 1. The summed E-state index contributed by atoms with van der Waals surface area (Å²) in [6.07, 6.45) is 15.8. The largest absolute Gasteiger partial charge is 0.461 e. The molecule has 39 heavy (non-hydrogen) atoms. The molecular formula is C34H42N2O3. The zero-order valence-corrected chi connectivity index (χ0v) is 24.2. The van der Waals surface area contributed by atoms with Gasteiger partial charge in [0.05, 0.1) is 5.69 Å². The minimum atomic E-state index is 0.307. The van der Waals surface area contributed by atoms with Crippen LogP contribution in [0.2, 0.25) is 0 Å². The lowest BCUT2D eigenvalue weighted by atomic mass is 9.84. The molecule has 206 valence electrons. The molecule has 3 aliphatic rings. The van der Waals surface area contributed by atoms with E-state index in [0.29, 0.717) is 17.1 Å². The predicted octanol–water partition coefficient (Wildman–Crippen LogP) is 8.15. The Morgan fingerprint density at radius 3 is 2.59 bits per heavy atom. The van der Waals surface area contributed by atoms with Gasteiger partial charge in [-0.25, -0.2) is 0 Å². The highest BCUT2D eigenvalue weighted by molar-refractivity contribution is 5.70. The summed E-state index contributed by atoms with van der Waals surface area (Å²) in [7, 11) is 0. The van der Waals surface area contributed by atoms with Crippen molar-refractivity contribution in [2.24, 2.45) is 5.41 Å². The molecule has 5 heteroatoms. The molecule has 1 aromatic heterocycles. The average molecular weight is 527 g/mol. The van der Waals surface area contributed by atoms with Gasteiger partial charge in [-0.3, -0.25) is 9.88 Å². The second-order valence-electron chi connectivity index (χ2n) is 11.6. The molecule has 0 saturated carbocycles. The number of benzene rings is 1. The van der Waals surface area contributed by atoms with Crippen LogP contribution in [0.4, 0.5) is 0 Å². The number of hydrogen-bond acceptors (Lipinski definition) is 5. The van der Waals surface area contributed by atoms with Gasteiger partial charge < -0.3 is 14.2 Å². The van der Waals surface area contributed by atoms with E-state index in [4.69, 9.17) is 19.2 Å². The Morgan fingerprint density at radius 2 is 1.90 bits per heavy atom. The summed E-state index contributed by atoms with van der Waals surface area (Å²) >= 11 is 0. The molecule has 0 atom stereocenters. The topological polar surface area (TPSA) is 43.8 Å². The fourth-order valence-electron chi connectivity index (χ4n) is 5.97. The van der Waals surface area contributed by atoms with Crippen molar-refractivity contribution < 1.29 is 14.2 Å². The van der Waals surface area contributed by atoms with Crippen LogP contribution < -0.4 is 4.74 Å². The van der Waals surface area contributed by atoms with Crippen molar-refractivity contribution >= 4 is 0 Å². The highest BCUT2D eigenvalue weighted by Gasteiger charge is 2.28. The zero-order chi connectivity index (χ0) is 27.4. The van der Waals surface area contributed by atoms with E-state index in [1.165, 1.54) is 29.5 Å². The third-order valence-corrected chi connectivity index (χ3v) is 8.00. The number of allylic oxidation sites excluding steroid dienone is 4. The zero-order valence-electron chi connectivity index (χ0n) is 24.2. The van der Waals surface area contributed by atoms with Gasteiger partial charge in [-0.2, -0.15) is 0 Å². The van der Waals surface area contributed by atoms with Crippen molar-refractivity contribution in [3.63, 3.8) is 0 Å². The fraction of sp³-hybridized carbons (Fsp3) is 0.441. The van der Waals surface area contributed by atoms with E-state index in [-0.39, 0.29) is 0 Å². The van der Waals surface area contributed by atoms with Gasteiger partial charge in [0, 0.05) is 36.0 Å². The molecule has 2 aromatic rings. The highest BCUT2D eigenvalue weighted by atomic mass is 16.7. The van der Waals surface area contributed by atoms with Crippen molar-refractivity contribution in [1.82, 2.24) is 9.88 Å². The maximum atomic E-state index is 6.55. The number of nitrogens with zero attached hydrogens (tertiary/aromatic N) is 2. The van der Waals surface area contributed by atoms with Crippen molar-refractivity contribution in [1.29, 1.82) is 0 Å². The molecule has 5 rings (SSSR count). The predicted molar refractivity (Wildman–Crippen MR) is 157 cm³/mol. The van der Waals surface area contributed by atoms with E-state index in [0.717, 1.165) is 73.6 Å². The number of rotatable bonds is 8. The molecule has 1 fully saturated rings. The highest BCUT2D eigenvalue weighted by Crippen LogP contribution is 2.37. The second-order valence-corrected chi connectivity index (χ2v) is 11.6. The maximum Gasteiger partial charge on any atom is 0.327 e. The Bertz CT molecular complexity index is 1310. The Labute approximate surface area is 233 Å². The first-order valence-corrected chi connectivity index (χ1v) is 14.5. The minimum Gasteiger partial charge on any atom is -0.461 e. The second kappa shape index (κ2) is 11.8. The number of aromatic nitrogens is 1. The molecule has 0 amide bonds. The smallest absolute Gasteiger partial charge is 0.327 e. The molecule has 5 nitrogen and oxygen atoms in total. The van der Waals surface area contributed by atoms with E-state index in [9.17, 15) is 0 Å². The van der Waals surface area contributed by atoms with Crippen LogP contribution in [0.15, 0.2) is 72.3 Å².